The molecule has 1 heterocycles. The SMILES string of the molecule is COc1ccc(CN2C[C@H](NC(=O)CO)[C@@H](C3CC3)C2)cc1C. The fraction of sp³-hybridized carbons (Fsp3) is 0.611. The van der Waals surface area contributed by atoms with Gasteiger partial charge in [-0.25, -0.2) is 0 Å². The van der Waals surface area contributed by atoms with Gasteiger partial charge in [0.25, 0.3) is 0 Å². The van der Waals surface area contributed by atoms with Crippen molar-refractivity contribution in [2.24, 2.45) is 11.8 Å². The number of benzene rings is 1. The molecule has 126 valence electrons. The molecular weight excluding hydrogens is 292 g/mol. The molecule has 1 saturated heterocycles. The number of amides is 1. The first-order valence-electron chi connectivity index (χ1n) is 8.36. The normalized spacial score (nSPS) is 24.7. The molecule has 5 nitrogen and oxygen atoms in total. The van der Waals surface area contributed by atoms with Crippen LogP contribution < -0.4 is 10.1 Å². The van der Waals surface area contributed by atoms with Crippen LogP contribution >= 0.6 is 0 Å². The number of ether oxygens (including phenoxy) is 1. The average Bonchev–Trinajstić information content (AvgIpc) is 3.30. The quantitative estimate of drug-likeness (QED) is 0.830. The maximum absolute atomic E-state index is 11.5. The zero-order valence-electron chi connectivity index (χ0n) is 13.9. The maximum Gasteiger partial charge on any atom is 0.245 e. The third-order valence-electron chi connectivity index (χ3n) is 5.02. The number of rotatable bonds is 6. The summed E-state index contributed by atoms with van der Waals surface area (Å²) in [6.07, 6.45) is 2.54. The molecule has 1 aromatic carbocycles. The van der Waals surface area contributed by atoms with Gasteiger partial charge in [0.1, 0.15) is 12.4 Å². The lowest BCUT2D eigenvalue weighted by molar-refractivity contribution is -0.124. The molecule has 5 heteroatoms. The standard InChI is InChI=1S/C18H26N2O3/c1-12-7-13(3-6-17(12)23-2)8-20-9-15(14-4-5-14)16(10-20)19-18(22)11-21/h3,6-7,14-16,21H,4-5,8-11H2,1-2H3,(H,19,22)/t15-,16+/m1/s1. The predicted molar refractivity (Wildman–Crippen MR) is 88.2 cm³/mol. The molecule has 2 N–H and O–H groups in total. The third kappa shape index (κ3) is 3.85. The van der Waals surface area contributed by atoms with Gasteiger partial charge in [-0.3, -0.25) is 9.69 Å². The fourth-order valence-electron chi connectivity index (χ4n) is 3.75. The number of hydrogen-bond donors (Lipinski definition) is 2. The van der Waals surface area contributed by atoms with E-state index in [1.54, 1.807) is 7.11 Å². The highest BCUT2D eigenvalue weighted by atomic mass is 16.5. The molecule has 1 aliphatic heterocycles. The smallest absolute Gasteiger partial charge is 0.245 e. The first-order chi connectivity index (χ1) is 11.1. The number of likely N-dealkylation sites (tertiary alicyclic amines) is 1. The van der Waals surface area contributed by atoms with Crippen molar-refractivity contribution in [3.63, 3.8) is 0 Å². The molecule has 1 aromatic rings. The Morgan fingerprint density at radius 1 is 1.39 bits per heavy atom. The van der Waals surface area contributed by atoms with Gasteiger partial charge in [-0.15, -0.1) is 0 Å². The summed E-state index contributed by atoms with van der Waals surface area (Å²) in [5.41, 5.74) is 2.42. The highest BCUT2D eigenvalue weighted by Crippen LogP contribution is 2.41. The van der Waals surface area contributed by atoms with Crippen LogP contribution in [0, 0.1) is 18.8 Å². The number of nitrogens with one attached hydrogen (secondary N) is 1. The van der Waals surface area contributed by atoms with Gasteiger partial charge in [-0.1, -0.05) is 12.1 Å². The van der Waals surface area contributed by atoms with E-state index in [1.807, 2.05) is 6.07 Å². The van der Waals surface area contributed by atoms with Crippen LogP contribution in [0.4, 0.5) is 0 Å². The number of nitrogens with zero attached hydrogens (tertiary/aromatic N) is 1. The van der Waals surface area contributed by atoms with Gasteiger partial charge >= 0.3 is 0 Å². The Hall–Kier alpha value is -1.59. The van der Waals surface area contributed by atoms with Crippen molar-refractivity contribution in [1.82, 2.24) is 10.2 Å². The summed E-state index contributed by atoms with van der Waals surface area (Å²) in [5, 5.41) is 12.0. The van der Waals surface area contributed by atoms with Crippen LogP contribution in [-0.2, 0) is 11.3 Å². The van der Waals surface area contributed by atoms with E-state index in [2.05, 4.69) is 29.3 Å². The van der Waals surface area contributed by atoms with Gasteiger partial charge in [-0.2, -0.15) is 0 Å². The second-order valence-corrected chi connectivity index (χ2v) is 6.83. The Balaban J connectivity index is 1.64. The molecule has 0 bridgehead atoms. The number of aliphatic hydroxyl groups excluding tert-OH is 1. The summed E-state index contributed by atoms with van der Waals surface area (Å²) in [5.74, 6) is 1.91. The Morgan fingerprint density at radius 2 is 2.17 bits per heavy atom. The average molecular weight is 318 g/mol. The van der Waals surface area contributed by atoms with E-state index >= 15 is 0 Å². The van der Waals surface area contributed by atoms with Crippen LogP contribution in [0.5, 0.6) is 5.75 Å². The summed E-state index contributed by atoms with van der Waals surface area (Å²) in [4.78, 5) is 14.0. The number of hydrogen-bond acceptors (Lipinski definition) is 4. The van der Waals surface area contributed by atoms with Crippen molar-refractivity contribution in [3.05, 3.63) is 29.3 Å². The third-order valence-corrected chi connectivity index (χ3v) is 5.02. The topological polar surface area (TPSA) is 61.8 Å². The summed E-state index contributed by atoms with van der Waals surface area (Å²) < 4.78 is 5.32. The van der Waals surface area contributed by atoms with Crippen molar-refractivity contribution in [3.8, 4) is 5.75 Å². The van der Waals surface area contributed by atoms with Crippen molar-refractivity contribution >= 4 is 5.91 Å². The molecule has 1 aliphatic carbocycles. The van der Waals surface area contributed by atoms with Gasteiger partial charge in [0.15, 0.2) is 0 Å². The van der Waals surface area contributed by atoms with Crippen molar-refractivity contribution in [2.75, 3.05) is 26.8 Å². The monoisotopic (exact) mass is 318 g/mol. The lowest BCUT2D eigenvalue weighted by Gasteiger charge is -2.18. The van der Waals surface area contributed by atoms with Crippen LogP contribution in [-0.4, -0.2) is 48.8 Å². The Labute approximate surface area is 137 Å². The first kappa shape index (κ1) is 16.3. The second-order valence-electron chi connectivity index (χ2n) is 6.83. The van der Waals surface area contributed by atoms with E-state index in [1.165, 1.54) is 18.4 Å². The van der Waals surface area contributed by atoms with Crippen LogP contribution in [0.3, 0.4) is 0 Å². The van der Waals surface area contributed by atoms with Gasteiger partial charge < -0.3 is 15.2 Å². The fourth-order valence-corrected chi connectivity index (χ4v) is 3.75. The zero-order valence-corrected chi connectivity index (χ0v) is 13.9. The molecule has 2 atom stereocenters. The maximum atomic E-state index is 11.5. The summed E-state index contributed by atoms with van der Waals surface area (Å²) in [6, 6.07) is 6.47. The number of carbonyl (C=O) groups is 1. The second kappa shape index (κ2) is 6.89. The van der Waals surface area contributed by atoms with Gasteiger partial charge in [-0.05, 0) is 48.8 Å². The van der Waals surface area contributed by atoms with E-state index in [0.717, 1.165) is 36.9 Å². The van der Waals surface area contributed by atoms with Crippen LogP contribution in [0.1, 0.15) is 24.0 Å². The molecule has 23 heavy (non-hydrogen) atoms. The number of aryl methyl sites for hydroxylation is 1. The molecule has 2 fully saturated rings. The molecule has 0 aromatic heterocycles. The first-order valence-corrected chi connectivity index (χ1v) is 8.36. The molecule has 1 amide bonds. The van der Waals surface area contributed by atoms with E-state index in [4.69, 9.17) is 9.84 Å². The lowest BCUT2D eigenvalue weighted by atomic mass is 9.98. The highest BCUT2D eigenvalue weighted by Gasteiger charge is 2.42. The summed E-state index contributed by atoms with van der Waals surface area (Å²) >= 11 is 0. The molecule has 0 spiro atoms. The minimum Gasteiger partial charge on any atom is -0.496 e. The molecule has 0 unspecified atom stereocenters. The van der Waals surface area contributed by atoms with Gasteiger partial charge in [0.05, 0.1) is 7.11 Å². The van der Waals surface area contributed by atoms with E-state index in [9.17, 15) is 4.79 Å². The van der Waals surface area contributed by atoms with E-state index < -0.39 is 6.61 Å². The van der Waals surface area contributed by atoms with Crippen LogP contribution in [0.25, 0.3) is 0 Å². The largest absolute Gasteiger partial charge is 0.496 e. The number of aliphatic hydroxyl groups is 1. The lowest BCUT2D eigenvalue weighted by Crippen LogP contribution is -2.42. The Kier molecular flexibility index (Phi) is 4.87. The zero-order chi connectivity index (χ0) is 16.4. The molecule has 2 aliphatic rings. The van der Waals surface area contributed by atoms with E-state index in [0.29, 0.717) is 5.92 Å². The summed E-state index contributed by atoms with van der Waals surface area (Å²) in [7, 11) is 1.69. The van der Waals surface area contributed by atoms with Crippen LogP contribution in [0.15, 0.2) is 18.2 Å². The Bertz CT molecular complexity index is 571. The number of carbonyl (C=O) groups excluding carboxylic acids is 1. The minimum absolute atomic E-state index is 0.168. The van der Waals surface area contributed by atoms with Crippen molar-refractivity contribution in [2.45, 2.75) is 32.4 Å². The van der Waals surface area contributed by atoms with Crippen molar-refractivity contribution in [1.29, 1.82) is 0 Å². The van der Waals surface area contributed by atoms with Gasteiger partial charge in [0.2, 0.25) is 5.91 Å². The van der Waals surface area contributed by atoms with Gasteiger partial charge in [0, 0.05) is 25.7 Å². The number of methoxy groups -OCH3 is 1. The molecule has 3 rings (SSSR count). The highest BCUT2D eigenvalue weighted by molar-refractivity contribution is 5.77. The van der Waals surface area contributed by atoms with E-state index in [-0.39, 0.29) is 11.9 Å². The predicted octanol–water partition coefficient (Wildman–Crippen LogP) is 1.32. The Morgan fingerprint density at radius 3 is 2.78 bits per heavy atom. The van der Waals surface area contributed by atoms with Crippen LogP contribution in [0.2, 0.25) is 0 Å². The van der Waals surface area contributed by atoms with Crippen molar-refractivity contribution < 1.29 is 14.6 Å². The molecule has 0 radical (unpaired) electrons. The molecular formula is C18H26N2O3. The molecule has 1 saturated carbocycles. The summed E-state index contributed by atoms with van der Waals surface area (Å²) in [6.45, 7) is 4.40. The minimum atomic E-state index is -0.425.